The Balaban J connectivity index is 3.27. The number of ether oxygens (including phenoxy) is 5. The summed E-state index contributed by atoms with van der Waals surface area (Å²) in [5.74, 6) is -2.45. The largest absolute Gasteiger partial charge is 0.471 e. The monoisotopic (exact) mass is 375 g/mol. The van der Waals surface area contributed by atoms with Gasteiger partial charge in [-0.15, -0.1) is 0 Å². The Morgan fingerprint density at radius 1 is 0.920 bits per heavy atom. The molecule has 148 valence electrons. The third-order valence-corrected chi connectivity index (χ3v) is 2.66. The Bertz CT molecular complexity index is 380. The molecule has 0 fully saturated rings. The zero-order valence-corrected chi connectivity index (χ0v) is 14.2. The first-order chi connectivity index (χ1) is 11.8. The smallest absolute Gasteiger partial charge is 0.467 e. The van der Waals surface area contributed by atoms with Crippen LogP contribution < -0.4 is 5.32 Å². The number of carbonyl (C=O) groups excluding carboxylic acids is 2. The second-order valence-corrected chi connectivity index (χ2v) is 4.63. The number of carbonyl (C=O) groups is 2. The van der Waals surface area contributed by atoms with Gasteiger partial charge in [0.2, 0.25) is 0 Å². The fourth-order valence-corrected chi connectivity index (χ4v) is 1.40. The maximum atomic E-state index is 11.9. The molecule has 0 heterocycles. The molecule has 0 aliphatic heterocycles. The van der Waals surface area contributed by atoms with E-state index in [2.05, 4.69) is 4.74 Å². The molecular weight excluding hydrogens is 351 g/mol. The number of halogens is 3. The molecule has 1 unspecified atom stereocenters. The highest BCUT2D eigenvalue weighted by molar-refractivity contribution is 5.81. The van der Waals surface area contributed by atoms with Gasteiger partial charge in [0.1, 0.15) is 0 Å². The average molecular weight is 375 g/mol. The van der Waals surface area contributed by atoms with E-state index >= 15 is 0 Å². The average Bonchev–Trinajstić information content (AvgIpc) is 2.56. The quantitative estimate of drug-likeness (QED) is 0.345. The summed E-state index contributed by atoms with van der Waals surface area (Å²) in [6, 6.07) is 0. The maximum absolute atomic E-state index is 11.9. The van der Waals surface area contributed by atoms with Crippen LogP contribution in [0.2, 0.25) is 0 Å². The van der Waals surface area contributed by atoms with Gasteiger partial charge >= 0.3 is 18.1 Å². The van der Waals surface area contributed by atoms with Crippen LogP contribution in [0.5, 0.6) is 0 Å². The van der Waals surface area contributed by atoms with Gasteiger partial charge in [-0.25, -0.2) is 4.79 Å². The molecule has 25 heavy (non-hydrogen) atoms. The van der Waals surface area contributed by atoms with Crippen LogP contribution in [-0.2, 0) is 33.3 Å². The van der Waals surface area contributed by atoms with Crippen molar-refractivity contribution in [2.45, 2.75) is 19.2 Å². The molecule has 0 rings (SSSR count). The molecular formula is C14H24F3NO7. The SMILES string of the molecule is COC(=O)C(C)OCCOCCOCCOCCNC(=O)C(F)(F)F. The fraction of sp³-hybridized carbons (Fsp3) is 0.857. The van der Waals surface area contributed by atoms with Crippen molar-refractivity contribution in [2.75, 3.05) is 59.9 Å². The minimum atomic E-state index is -4.88. The van der Waals surface area contributed by atoms with Crippen molar-refractivity contribution in [1.82, 2.24) is 5.32 Å². The molecule has 0 aromatic heterocycles. The number of esters is 1. The molecule has 0 aliphatic rings. The molecule has 0 radical (unpaired) electrons. The van der Waals surface area contributed by atoms with Crippen LogP contribution in [0.15, 0.2) is 0 Å². The number of rotatable bonds is 14. The minimum absolute atomic E-state index is 0.0442. The first-order valence-electron chi connectivity index (χ1n) is 7.56. The summed E-state index contributed by atoms with van der Waals surface area (Å²) in [6.45, 7) is 2.88. The van der Waals surface area contributed by atoms with Crippen molar-refractivity contribution in [3.63, 3.8) is 0 Å². The zero-order chi connectivity index (χ0) is 19.1. The Kier molecular flexibility index (Phi) is 13.0. The molecule has 0 spiro atoms. The van der Waals surface area contributed by atoms with E-state index in [1.807, 2.05) is 0 Å². The number of alkyl halides is 3. The van der Waals surface area contributed by atoms with Crippen LogP contribution in [0, 0.1) is 0 Å². The van der Waals surface area contributed by atoms with E-state index in [-0.39, 0.29) is 33.0 Å². The van der Waals surface area contributed by atoms with Crippen LogP contribution in [0.1, 0.15) is 6.92 Å². The lowest BCUT2D eigenvalue weighted by Crippen LogP contribution is -2.38. The Morgan fingerprint density at radius 3 is 1.88 bits per heavy atom. The lowest BCUT2D eigenvalue weighted by atomic mass is 10.4. The summed E-state index contributed by atoms with van der Waals surface area (Å²) < 4.78 is 60.6. The van der Waals surface area contributed by atoms with Gasteiger partial charge in [-0.2, -0.15) is 13.2 Å². The van der Waals surface area contributed by atoms with Crippen LogP contribution in [0.3, 0.4) is 0 Å². The number of methoxy groups -OCH3 is 1. The van der Waals surface area contributed by atoms with Crippen LogP contribution in [0.4, 0.5) is 13.2 Å². The lowest BCUT2D eigenvalue weighted by Gasteiger charge is -2.11. The molecule has 0 aromatic carbocycles. The van der Waals surface area contributed by atoms with E-state index in [0.29, 0.717) is 19.8 Å². The second-order valence-electron chi connectivity index (χ2n) is 4.63. The maximum Gasteiger partial charge on any atom is 0.471 e. The number of hydrogen-bond donors (Lipinski definition) is 1. The summed E-state index contributed by atoms with van der Waals surface area (Å²) in [4.78, 5) is 21.5. The molecule has 0 aliphatic carbocycles. The van der Waals surface area contributed by atoms with Gasteiger partial charge < -0.3 is 29.0 Å². The molecule has 0 aromatic rings. The van der Waals surface area contributed by atoms with E-state index in [4.69, 9.17) is 18.9 Å². The van der Waals surface area contributed by atoms with Crippen molar-refractivity contribution in [3.8, 4) is 0 Å². The zero-order valence-electron chi connectivity index (χ0n) is 14.2. The highest BCUT2D eigenvalue weighted by Crippen LogP contribution is 2.13. The highest BCUT2D eigenvalue weighted by atomic mass is 19.4. The standard InChI is InChI=1S/C14H24F3NO7/c1-11(12(19)21-2)25-10-9-24-8-7-23-6-5-22-4-3-18-13(20)14(15,16)17/h11H,3-10H2,1-2H3,(H,18,20). The fourth-order valence-electron chi connectivity index (χ4n) is 1.40. The minimum Gasteiger partial charge on any atom is -0.467 e. The van der Waals surface area contributed by atoms with Crippen molar-refractivity contribution >= 4 is 11.9 Å². The number of amides is 1. The first kappa shape index (κ1) is 23.6. The summed E-state index contributed by atoms with van der Waals surface area (Å²) >= 11 is 0. The van der Waals surface area contributed by atoms with Crippen molar-refractivity contribution in [1.29, 1.82) is 0 Å². The summed E-state index contributed by atoms with van der Waals surface area (Å²) in [5, 5.41) is 1.68. The number of nitrogens with one attached hydrogen (secondary N) is 1. The lowest BCUT2D eigenvalue weighted by molar-refractivity contribution is -0.173. The summed E-state index contributed by atoms with van der Waals surface area (Å²) in [6.07, 6.45) is -5.53. The van der Waals surface area contributed by atoms with Gasteiger partial charge in [0.15, 0.2) is 6.10 Å². The third kappa shape index (κ3) is 13.5. The molecule has 1 N–H and O–H groups in total. The van der Waals surface area contributed by atoms with E-state index in [9.17, 15) is 22.8 Å². The van der Waals surface area contributed by atoms with Gasteiger partial charge in [-0.1, -0.05) is 0 Å². The summed E-state index contributed by atoms with van der Waals surface area (Å²) in [5.41, 5.74) is 0. The molecule has 0 saturated carbocycles. The second kappa shape index (κ2) is 13.8. The normalized spacial score (nSPS) is 12.7. The van der Waals surface area contributed by atoms with Gasteiger partial charge in [0.25, 0.3) is 0 Å². The van der Waals surface area contributed by atoms with Crippen LogP contribution >= 0.6 is 0 Å². The summed E-state index contributed by atoms with van der Waals surface area (Å²) in [7, 11) is 1.28. The van der Waals surface area contributed by atoms with E-state index in [1.165, 1.54) is 7.11 Å². The van der Waals surface area contributed by atoms with Crippen molar-refractivity contribution in [3.05, 3.63) is 0 Å². The molecule has 0 bridgehead atoms. The third-order valence-electron chi connectivity index (χ3n) is 2.66. The molecule has 1 atom stereocenters. The molecule has 0 saturated heterocycles. The topological polar surface area (TPSA) is 92.3 Å². The van der Waals surface area contributed by atoms with E-state index < -0.39 is 24.2 Å². The first-order valence-corrected chi connectivity index (χ1v) is 7.56. The Labute approximate surface area is 143 Å². The van der Waals surface area contributed by atoms with Crippen LogP contribution in [0.25, 0.3) is 0 Å². The Morgan fingerprint density at radius 2 is 1.40 bits per heavy atom. The van der Waals surface area contributed by atoms with Crippen molar-refractivity contribution in [2.24, 2.45) is 0 Å². The van der Waals surface area contributed by atoms with Gasteiger partial charge in [0.05, 0.1) is 53.4 Å². The molecule has 1 amide bonds. The van der Waals surface area contributed by atoms with Gasteiger partial charge in [0, 0.05) is 6.54 Å². The Hall–Kier alpha value is -1.43. The predicted octanol–water partition coefficient (Wildman–Crippen LogP) is 0.293. The molecule has 11 heteroatoms. The molecule has 8 nitrogen and oxygen atoms in total. The van der Waals surface area contributed by atoms with Crippen LogP contribution in [-0.4, -0.2) is 84.1 Å². The number of hydrogen-bond acceptors (Lipinski definition) is 7. The highest BCUT2D eigenvalue weighted by Gasteiger charge is 2.38. The van der Waals surface area contributed by atoms with Gasteiger partial charge in [-0.3, -0.25) is 4.79 Å². The van der Waals surface area contributed by atoms with E-state index in [0.717, 1.165) is 0 Å². The van der Waals surface area contributed by atoms with Crippen molar-refractivity contribution < 1.29 is 46.4 Å². The van der Waals surface area contributed by atoms with Gasteiger partial charge in [-0.05, 0) is 6.92 Å². The predicted molar refractivity (Wildman–Crippen MR) is 79.0 cm³/mol. The van der Waals surface area contributed by atoms with E-state index in [1.54, 1.807) is 12.2 Å².